The van der Waals surface area contributed by atoms with Crippen molar-refractivity contribution in [1.82, 2.24) is 0 Å². The highest BCUT2D eigenvalue weighted by molar-refractivity contribution is 5.89. The van der Waals surface area contributed by atoms with Gasteiger partial charge in [-0.3, -0.25) is 0 Å². The first kappa shape index (κ1) is 28.4. The van der Waals surface area contributed by atoms with Crippen molar-refractivity contribution in [1.29, 1.82) is 0 Å². The summed E-state index contributed by atoms with van der Waals surface area (Å²) in [6.07, 6.45) is 4.98. The van der Waals surface area contributed by atoms with Crippen LogP contribution in [0.4, 0.5) is 11.4 Å². The lowest BCUT2D eigenvalue weighted by Crippen LogP contribution is -2.54. The van der Waals surface area contributed by atoms with Gasteiger partial charge in [0, 0.05) is 16.8 Å². The molecule has 47 heavy (non-hydrogen) atoms. The van der Waals surface area contributed by atoms with Crippen LogP contribution in [0.1, 0.15) is 72.9 Å². The molecular weight excluding hydrogens is 567 g/mol. The van der Waals surface area contributed by atoms with E-state index in [2.05, 4.69) is 171 Å². The van der Waals surface area contributed by atoms with Gasteiger partial charge >= 0.3 is 0 Å². The van der Waals surface area contributed by atoms with E-state index in [0.717, 1.165) is 0 Å². The highest BCUT2D eigenvalue weighted by Gasteiger charge is 2.58. The van der Waals surface area contributed by atoms with Gasteiger partial charge in [-0.2, -0.15) is 0 Å². The van der Waals surface area contributed by atoms with Gasteiger partial charge in [0.2, 0.25) is 0 Å². The summed E-state index contributed by atoms with van der Waals surface area (Å²) in [5.41, 5.74) is 15.9. The lowest BCUT2D eigenvalue weighted by Gasteiger charge is -2.50. The predicted octanol–water partition coefficient (Wildman–Crippen LogP) is 11.8. The molecule has 6 aromatic carbocycles. The molecule has 0 spiro atoms. The van der Waals surface area contributed by atoms with E-state index in [-0.39, 0.29) is 11.0 Å². The van der Waals surface area contributed by atoms with Gasteiger partial charge in [0.05, 0.1) is 11.0 Å². The average molecular weight is 608 g/mol. The van der Waals surface area contributed by atoms with Gasteiger partial charge in [-0.1, -0.05) is 135 Å². The van der Waals surface area contributed by atoms with Crippen LogP contribution in [-0.4, -0.2) is 5.54 Å². The summed E-state index contributed by atoms with van der Waals surface area (Å²) in [7, 11) is 0. The topological polar surface area (TPSA) is 3.24 Å². The van der Waals surface area contributed by atoms with Gasteiger partial charge in [-0.05, 0) is 113 Å². The maximum absolute atomic E-state index is 2.70. The Kier molecular flexibility index (Phi) is 6.22. The molecule has 2 aliphatic carbocycles. The number of rotatable bonds is 4. The van der Waals surface area contributed by atoms with E-state index in [1.54, 1.807) is 0 Å². The molecule has 3 aliphatic rings. The number of para-hydroxylation sites is 1. The first-order chi connectivity index (χ1) is 23.0. The van der Waals surface area contributed by atoms with Crippen LogP contribution in [0.5, 0.6) is 0 Å². The van der Waals surface area contributed by atoms with Gasteiger partial charge in [0.25, 0.3) is 0 Å². The third-order valence-corrected chi connectivity index (χ3v) is 12.2. The van der Waals surface area contributed by atoms with Gasteiger partial charge in [-0.15, -0.1) is 0 Å². The number of hydrogen-bond acceptors (Lipinski definition) is 1. The second kappa shape index (κ2) is 10.3. The molecule has 1 aliphatic heterocycles. The van der Waals surface area contributed by atoms with E-state index in [0.29, 0.717) is 0 Å². The summed E-state index contributed by atoms with van der Waals surface area (Å²) in [6.45, 7) is 7.41. The Balaban J connectivity index is 1.29. The van der Waals surface area contributed by atoms with E-state index in [4.69, 9.17) is 0 Å². The van der Waals surface area contributed by atoms with Crippen LogP contribution in [0.2, 0.25) is 0 Å². The maximum atomic E-state index is 2.70. The molecule has 6 aromatic rings. The molecule has 1 heterocycles. The molecule has 2 atom stereocenters. The Morgan fingerprint density at radius 2 is 1.09 bits per heavy atom. The third kappa shape index (κ3) is 3.77. The predicted molar refractivity (Wildman–Crippen MR) is 197 cm³/mol. The van der Waals surface area contributed by atoms with Crippen LogP contribution in [0, 0.1) is 6.92 Å². The Bertz CT molecular complexity index is 2090. The molecule has 1 fully saturated rings. The van der Waals surface area contributed by atoms with Crippen molar-refractivity contribution in [2.24, 2.45) is 0 Å². The van der Waals surface area contributed by atoms with Crippen LogP contribution >= 0.6 is 0 Å². The molecule has 1 heteroatoms. The summed E-state index contributed by atoms with van der Waals surface area (Å²) in [5.74, 6) is 0. The van der Waals surface area contributed by atoms with Crippen molar-refractivity contribution in [3.05, 3.63) is 179 Å². The zero-order valence-corrected chi connectivity index (χ0v) is 27.6. The van der Waals surface area contributed by atoms with Gasteiger partial charge < -0.3 is 4.90 Å². The number of hydrogen-bond donors (Lipinski definition) is 0. The minimum absolute atomic E-state index is 0.0354. The molecule has 0 amide bonds. The SMILES string of the molecule is Cc1cc(-c2ccc3c(c2)C(c2ccccc2)(c2ccccc2)c2ccccc2-3)cc2c1N(c1ccccc1)C1(C)CCCCC21C. The molecule has 0 radical (unpaired) electrons. The number of anilines is 2. The fraction of sp³-hybridized carbons (Fsp3) is 0.217. The molecular formula is C46H41N. The molecule has 0 aromatic heterocycles. The number of aryl methyl sites for hydroxylation is 1. The van der Waals surface area contributed by atoms with E-state index >= 15 is 0 Å². The third-order valence-electron chi connectivity index (χ3n) is 12.2. The molecule has 0 N–H and O–H groups in total. The lowest BCUT2D eigenvalue weighted by molar-refractivity contribution is 0.195. The van der Waals surface area contributed by atoms with E-state index in [1.165, 1.54) is 92.7 Å². The van der Waals surface area contributed by atoms with Crippen LogP contribution in [0.15, 0.2) is 146 Å². The molecule has 1 saturated carbocycles. The summed E-state index contributed by atoms with van der Waals surface area (Å²) in [6, 6.07) is 54.7. The smallest absolute Gasteiger partial charge is 0.0713 e. The molecule has 0 bridgehead atoms. The fourth-order valence-corrected chi connectivity index (χ4v) is 9.80. The van der Waals surface area contributed by atoms with Crippen molar-refractivity contribution in [3.8, 4) is 22.3 Å². The number of benzene rings is 6. The van der Waals surface area contributed by atoms with Crippen molar-refractivity contribution >= 4 is 11.4 Å². The second-order valence-electron chi connectivity index (χ2n) is 14.5. The van der Waals surface area contributed by atoms with Gasteiger partial charge in [-0.25, -0.2) is 0 Å². The van der Waals surface area contributed by atoms with Crippen LogP contribution < -0.4 is 4.90 Å². The summed E-state index contributed by atoms with van der Waals surface area (Å²) >= 11 is 0. The molecule has 0 saturated heterocycles. The van der Waals surface area contributed by atoms with Crippen molar-refractivity contribution in [2.75, 3.05) is 4.90 Å². The Morgan fingerprint density at radius 1 is 0.511 bits per heavy atom. The summed E-state index contributed by atoms with van der Waals surface area (Å²) in [4.78, 5) is 2.70. The van der Waals surface area contributed by atoms with Crippen molar-refractivity contribution in [2.45, 2.75) is 62.8 Å². The van der Waals surface area contributed by atoms with Crippen LogP contribution in [0.25, 0.3) is 22.3 Å². The van der Waals surface area contributed by atoms with Crippen molar-refractivity contribution in [3.63, 3.8) is 0 Å². The van der Waals surface area contributed by atoms with E-state index in [9.17, 15) is 0 Å². The number of fused-ring (bicyclic) bond motifs is 6. The largest absolute Gasteiger partial charge is 0.334 e. The monoisotopic (exact) mass is 607 g/mol. The zero-order chi connectivity index (χ0) is 31.8. The molecule has 1 nitrogen and oxygen atoms in total. The normalized spacial score (nSPS) is 21.9. The Hall–Kier alpha value is -4.88. The van der Waals surface area contributed by atoms with Crippen LogP contribution in [-0.2, 0) is 10.8 Å². The maximum Gasteiger partial charge on any atom is 0.0713 e. The minimum Gasteiger partial charge on any atom is -0.334 e. The van der Waals surface area contributed by atoms with Gasteiger partial charge in [0.15, 0.2) is 0 Å². The standard InChI is InChI=1S/C46H41N/c1-32-29-34(31-42-43(32)47(37-21-11-6-12-22-37)45(3)28-16-15-27-44(42,45)2)33-25-26-39-38-23-13-14-24-40(38)46(41(39)30-33,35-17-7-4-8-18-35)36-19-9-5-10-20-36/h4-14,17-26,29-31H,15-16,27-28H2,1-3H3. The highest BCUT2D eigenvalue weighted by Crippen LogP contribution is 2.62. The van der Waals surface area contributed by atoms with Crippen molar-refractivity contribution < 1.29 is 0 Å². The lowest BCUT2D eigenvalue weighted by atomic mass is 9.61. The summed E-state index contributed by atoms with van der Waals surface area (Å²) < 4.78 is 0. The Morgan fingerprint density at radius 3 is 1.79 bits per heavy atom. The quantitative estimate of drug-likeness (QED) is 0.192. The zero-order valence-electron chi connectivity index (χ0n) is 27.6. The summed E-state index contributed by atoms with van der Waals surface area (Å²) in [5, 5.41) is 0. The molecule has 9 rings (SSSR count). The van der Waals surface area contributed by atoms with E-state index in [1.807, 2.05) is 0 Å². The first-order valence-electron chi connectivity index (χ1n) is 17.3. The molecule has 2 unspecified atom stereocenters. The van der Waals surface area contributed by atoms with Gasteiger partial charge in [0.1, 0.15) is 0 Å². The second-order valence-corrected chi connectivity index (χ2v) is 14.5. The highest BCUT2D eigenvalue weighted by atomic mass is 15.3. The van der Waals surface area contributed by atoms with Crippen LogP contribution in [0.3, 0.4) is 0 Å². The molecule has 230 valence electrons. The fourth-order valence-electron chi connectivity index (χ4n) is 9.80. The first-order valence-corrected chi connectivity index (χ1v) is 17.3. The van der Waals surface area contributed by atoms with E-state index < -0.39 is 5.41 Å². The number of nitrogens with zero attached hydrogens (tertiary/aromatic N) is 1. The Labute approximate surface area is 279 Å². The average Bonchev–Trinajstić information content (AvgIpc) is 3.53. The minimum atomic E-state index is -0.395.